The van der Waals surface area contributed by atoms with Crippen molar-refractivity contribution < 1.29 is 8.42 Å². The van der Waals surface area contributed by atoms with Crippen LogP contribution in [0.3, 0.4) is 0 Å². The van der Waals surface area contributed by atoms with Crippen molar-refractivity contribution in [3.63, 3.8) is 0 Å². The summed E-state index contributed by atoms with van der Waals surface area (Å²) in [6.07, 6.45) is 3.28. The minimum atomic E-state index is -2.93. The van der Waals surface area contributed by atoms with Crippen LogP contribution in [0.5, 0.6) is 0 Å². The van der Waals surface area contributed by atoms with Gasteiger partial charge in [0.05, 0.1) is 17.8 Å². The lowest BCUT2D eigenvalue weighted by atomic mass is 10.3. The lowest BCUT2D eigenvalue weighted by molar-refractivity contribution is 0.584. The summed E-state index contributed by atoms with van der Waals surface area (Å²) in [6.45, 7) is 3.92. The first-order valence-corrected chi connectivity index (χ1v) is 6.74. The van der Waals surface area contributed by atoms with Crippen LogP contribution in [0.25, 0.3) is 0 Å². The van der Waals surface area contributed by atoms with E-state index < -0.39 is 9.84 Å². The van der Waals surface area contributed by atoms with E-state index in [0.29, 0.717) is 6.54 Å². The molecule has 86 valence electrons. The number of sulfone groups is 1. The maximum atomic E-state index is 11.3. The van der Waals surface area contributed by atoms with Crippen LogP contribution in [0.1, 0.15) is 25.6 Å². The van der Waals surface area contributed by atoms with Gasteiger partial charge in [-0.25, -0.2) is 13.4 Å². The quantitative estimate of drug-likeness (QED) is 0.792. The molecule has 5 nitrogen and oxygen atoms in total. The lowest BCUT2D eigenvalue weighted by Gasteiger charge is -2.10. The zero-order valence-corrected chi connectivity index (χ0v) is 9.87. The van der Waals surface area contributed by atoms with Gasteiger partial charge in [-0.1, -0.05) is 6.92 Å². The molecular formula is C9H17N3O2S. The van der Waals surface area contributed by atoms with Crippen LogP contribution in [0.2, 0.25) is 0 Å². The largest absolute Gasteiger partial charge is 0.332 e. The van der Waals surface area contributed by atoms with Gasteiger partial charge in [0.15, 0.2) is 9.84 Å². The van der Waals surface area contributed by atoms with E-state index in [1.165, 1.54) is 0 Å². The van der Waals surface area contributed by atoms with Gasteiger partial charge in [0, 0.05) is 24.5 Å². The first kappa shape index (κ1) is 12.2. The summed E-state index contributed by atoms with van der Waals surface area (Å²) in [5.41, 5.74) is 6.58. The number of nitrogens with two attached hydrogens (primary N) is 1. The first-order valence-electron chi connectivity index (χ1n) is 4.92. The van der Waals surface area contributed by atoms with Gasteiger partial charge in [-0.15, -0.1) is 0 Å². The predicted molar refractivity (Wildman–Crippen MR) is 59.2 cm³/mol. The molecule has 0 aliphatic rings. The van der Waals surface area contributed by atoms with Crippen molar-refractivity contribution in [1.29, 1.82) is 0 Å². The zero-order chi connectivity index (χ0) is 11.5. The third-order valence-corrected chi connectivity index (χ3v) is 3.98. The van der Waals surface area contributed by atoms with E-state index in [1.54, 1.807) is 24.0 Å². The second-order valence-electron chi connectivity index (χ2n) is 3.54. The highest BCUT2D eigenvalue weighted by molar-refractivity contribution is 7.91. The van der Waals surface area contributed by atoms with Crippen molar-refractivity contribution in [1.82, 2.24) is 9.55 Å². The van der Waals surface area contributed by atoms with E-state index in [0.717, 1.165) is 5.69 Å². The number of hydrogen-bond donors (Lipinski definition) is 1. The summed E-state index contributed by atoms with van der Waals surface area (Å²) in [5.74, 6) is 0.314. The fourth-order valence-electron chi connectivity index (χ4n) is 1.28. The fourth-order valence-corrected chi connectivity index (χ4v) is 2.04. The van der Waals surface area contributed by atoms with E-state index in [-0.39, 0.29) is 17.5 Å². The highest BCUT2D eigenvalue weighted by atomic mass is 32.2. The predicted octanol–water partition coefficient (Wildman–Crippen LogP) is 0.337. The van der Waals surface area contributed by atoms with Gasteiger partial charge in [0.1, 0.15) is 0 Å². The molecule has 1 unspecified atom stereocenters. The molecule has 0 saturated heterocycles. The molecule has 0 bridgehead atoms. The molecule has 1 atom stereocenters. The van der Waals surface area contributed by atoms with E-state index in [4.69, 9.17) is 5.73 Å². The number of nitrogens with zero attached hydrogens (tertiary/aromatic N) is 2. The highest BCUT2D eigenvalue weighted by Gasteiger charge is 2.11. The normalized spacial score (nSPS) is 14.1. The second-order valence-corrected chi connectivity index (χ2v) is 6.01. The molecule has 0 spiro atoms. The fraction of sp³-hybridized carbons (Fsp3) is 0.667. The van der Waals surface area contributed by atoms with E-state index in [1.807, 2.05) is 6.92 Å². The van der Waals surface area contributed by atoms with Gasteiger partial charge in [-0.2, -0.15) is 0 Å². The van der Waals surface area contributed by atoms with Crippen molar-refractivity contribution in [3.05, 3.63) is 18.2 Å². The molecular weight excluding hydrogens is 214 g/mol. The molecule has 0 saturated carbocycles. The number of imidazole rings is 1. The smallest absolute Gasteiger partial charge is 0.151 e. The van der Waals surface area contributed by atoms with Crippen molar-refractivity contribution in [2.45, 2.75) is 26.4 Å². The van der Waals surface area contributed by atoms with Gasteiger partial charge in [0.25, 0.3) is 0 Å². The first-order chi connectivity index (χ1) is 6.96. The molecule has 1 aromatic heterocycles. The van der Waals surface area contributed by atoms with Gasteiger partial charge in [-0.05, 0) is 6.92 Å². The maximum Gasteiger partial charge on any atom is 0.151 e. The summed E-state index contributed by atoms with van der Waals surface area (Å²) in [4.78, 5) is 3.96. The van der Waals surface area contributed by atoms with Crippen molar-refractivity contribution in [2.75, 3.05) is 11.5 Å². The molecule has 0 fully saturated rings. The summed E-state index contributed by atoms with van der Waals surface area (Å²) < 4.78 is 24.4. The minimum absolute atomic E-state index is 0.128. The summed E-state index contributed by atoms with van der Waals surface area (Å²) in [5, 5.41) is 0. The van der Waals surface area contributed by atoms with Gasteiger partial charge in [0.2, 0.25) is 0 Å². The van der Waals surface area contributed by atoms with Crippen LogP contribution in [-0.2, 0) is 16.4 Å². The van der Waals surface area contributed by atoms with E-state index in [2.05, 4.69) is 4.98 Å². The monoisotopic (exact) mass is 231 g/mol. The van der Waals surface area contributed by atoms with Crippen molar-refractivity contribution >= 4 is 9.84 Å². The third-order valence-electron chi connectivity index (χ3n) is 2.29. The number of aryl methyl sites for hydroxylation is 1. The van der Waals surface area contributed by atoms with Gasteiger partial charge < -0.3 is 10.3 Å². The Kier molecular flexibility index (Phi) is 3.87. The molecule has 0 aliphatic carbocycles. The Morgan fingerprint density at radius 2 is 2.27 bits per heavy atom. The minimum Gasteiger partial charge on any atom is -0.332 e. The molecule has 6 heteroatoms. The molecule has 0 radical (unpaired) electrons. The van der Waals surface area contributed by atoms with Crippen LogP contribution < -0.4 is 5.73 Å². The molecule has 1 heterocycles. The molecule has 15 heavy (non-hydrogen) atoms. The second kappa shape index (κ2) is 4.76. The zero-order valence-electron chi connectivity index (χ0n) is 9.05. The summed E-state index contributed by atoms with van der Waals surface area (Å²) in [6, 6.07) is -0.128. The Balaban J connectivity index is 2.70. The van der Waals surface area contributed by atoms with Crippen LogP contribution in [0, 0.1) is 0 Å². The van der Waals surface area contributed by atoms with Crippen LogP contribution in [0.4, 0.5) is 0 Å². The Morgan fingerprint density at radius 3 is 2.80 bits per heavy atom. The summed E-state index contributed by atoms with van der Waals surface area (Å²) in [7, 11) is -2.93. The highest BCUT2D eigenvalue weighted by Crippen LogP contribution is 2.08. The Morgan fingerprint density at radius 1 is 1.60 bits per heavy atom. The Labute approximate surface area is 90.2 Å². The molecule has 0 amide bonds. The van der Waals surface area contributed by atoms with Crippen molar-refractivity contribution in [3.8, 4) is 0 Å². The molecule has 0 aromatic carbocycles. The molecule has 1 rings (SSSR count). The standard InChI is InChI=1S/C9H17N3O2S/c1-3-15(13,14)5-4-12-7-11-6-9(12)8(2)10/h6-8H,3-5,10H2,1-2H3. The lowest BCUT2D eigenvalue weighted by Crippen LogP contribution is -2.18. The maximum absolute atomic E-state index is 11.3. The number of hydrogen-bond acceptors (Lipinski definition) is 4. The van der Waals surface area contributed by atoms with Gasteiger partial charge in [-0.3, -0.25) is 0 Å². The number of rotatable bonds is 5. The van der Waals surface area contributed by atoms with Crippen LogP contribution >= 0.6 is 0 Å². The number of aromatic nitrogens is 2. The third kappa shape index (κ3) is 3.32. The molecule has 2 N–H and O–H groups in total. The summed E-state index contributed by atoms with van der Waals surface area (Å²) >= 11 is 0. The molecule has 1 aromatic rings. The van der Waals surface area contributed by atoms with Crippen LogP contribution in [0.15, 0.2) is 12.5 Å². The van der Waals surface area contributed by atoms with Crippen molar-refractivity contribution in [2.24, 2.45) is 5.73 Å². The topological polar surface area (TPSA) is 78.0 Å². The Hall–Kier alpha value is -0.880. The molecule has 0 aliphatic heterocycles. The van der Waals surface area contributed by atoms with Gasteiger partial charge >= 0.3 is 0 Å². The van der Waals surface area contributed by atoms with E-state index in [9.17, 15) is 8.42 Å². The van der Waals surface area contributed by atoms with E-state index >= 15 is 0 Å². The average molecular weight is 231 g/mol. The van der Waals surface area contributed by atoms with Crippen LogP contribution in [-0.4, -0.2) is 29.5 Å². The SMILES string of the molecule is CCS(=O)(=O)CCn1cncc1C(C)N. The Bertz CT molecular complexity index is 409. The average Bonchev–Trinajstić information content (AvgIpc) is 2.63.